The molecule has 0 atom stereocenters. The van der Waals surface area contributed by atoms with Crippen molar-refractivity contribution in [1.82, 2.24) is 9.97 Å². The second kappa shape index (κ2) is 6.00. The van der Waals surface area contributed by atoms with Crippen molar-refractivity contribution in [2.24, 2.45) is 5.92 Å². The van der Waals surface area contributed by atoms with Crippen molar-refractivity contribution in [1.29, 1.82) is 0 Å². The molecule has 0 saturated carbocycles. The van der Waals surface area contributed by atoms with Crippen LogP contribution in [-0.2, 0) is 0 Å². The van der Waals surface area contributed by atoms with E-state index in [1.54, 1.807) is 6.33 Å². The molecule has 0 radical (unpaired) electrons. The van der Waals surface area contributed by atoms with Crippen LogP contribution in [0.3, 0.4) is 0 Å². The number of aliphatic hydroxyl groups is 1. The van der Waals surface area contributed by atoms with Crippen LogP contribution in [0.4, 0.5) is 11.6 Å². The number of rotatable bonds is 4. The predicted molar refractivity (Wildman–Crippen MR) is 72.8 cm³/mol. The van der Waals surface area contributed by atoms with E-state index in [1.165, 1.54) is 0 Å². The maximum atomic E-state index is 9.50. The van der Waals surface area contributed by atoms with Crippen LogP contribution in [0.15, 0.2) is 12.4 Å². The van der Waals surface area contributed by atoms with E-state index in [-0.39, 0.29) is 6.10 Å². The van der Waals surface area contributed by atoms with Gasteiger partial charge in [0.05, 0.1) is 6.10 Å². The Morgan fingerprint density at radius 2 is 2.11 bits per heavy atom. The highest BCUT2D eigenvalue weighted by molar-refractivity contribution is 5.48. The molecular formula is C13H22N4O. The number of aliphatic hydroxyl groups excluding tert-OH is 1. The van der Waals surface area contributed by atoms with Gasteiger partial charge in [0.15, 0.2) is 0 Å². The number of hydrogen-bond donors (Lipinski definition) is 2. The third-order valence-electron chi connectivity index (χ3n) is 3.13. The molecule has 2 N–H and O–H groups in total. The van der Waals surface area contributed by atoms with Gasteiger partial charge < -0.3 is 15.3 Å². The molecule has 2 rings (SSSR count). The molecule has 0 bridgehead atoms. The standard InChI is InChI=1S/C13H22N4O/c1-10(2)8-14-12-7-13(16-9-15-12)17-5-3-11(18)4-6-17/h7,9-11,18H,3-6,8H2,1-2H3,(H,14,15,16). The molecule has 100 valence electrons. The molecule has 5 heteroatoms. The molecule has 1 aromatic heterocycles. The second-order valence-corrected chi connectivity index (χ2v) is 5.25. The SMILES string of the molecule is CC(C)CNc1cc(N2CCC(O)CC2)ncn1. The van der Waals surface area contributed by atoms with Gasteiger partial charge in [0, 0.05) is 25.7 Å². The van der Waals surface area contributed by atoms with Gasteiger partial charge in [-0.3, -0.25) is 0 Å². The minimum Gasteiger partial charge on any atom is -0.393 e. The van der Waals surface area contributed by atoms with Crippen LogP contribution in [0.1, 0.15) is 26.7 Å². The molecule has 18 heavy (non-hydrogen) atoms. The van der Waals surface area contributed by atoms with E-state index in [1.807, 2.05) is 6.07 Å². The number of piperidine rings is 1. The van der Waals surface area contributed by atoms with Gasteiger partial charge in [-0.25, -0.2) is 9.97 Å². The minimum absolute atomic E-state index is 0.151. The van der Waals surface area contributed by atoms with Gasteiger partial charge in [-0.15, -0.1) is 0 Å². The van der Waals surface area contributed by atoms with Gasteiger partial charge in [0.2, 0.25) is 0 Å². The van der Waals surface area contributed by atoms with Crippen molar-refractivity contribution in [2.75, 3.05) is 29.9 Å². The smallest absolute Gasteiger partial charge is 0.134 e. The van der Waals surface area contributed by atoms with Crippen LogP contribution in [0.25, 0.3) is 0 Å². The molecule has 1 aliphatic rings. The average molecular weight is 250 g/mol. The van der Waals surface area contributed by atoms with Gasteiger partial charge in [0.25, 0.3) is 0 Å². The lowest BCUT2D eigenvalue weighted by Crippen LogP contribution is -2.36. The Morgan fingerprint density at radius 3 is 2.78 bits per heavy atom. The van der Waals surface area contributed by atoms with Gasteiger partial charge in [-0.1, -0.05) is 13.8 Å². The Hall–Kier alpha value is -1.36. The van der Waals surface area contributed by atoms with Crippen LogP contribution in [-0.4, -0.2) is 40.8 Å². The summed E-state index contributed by atoms with van der Waals surface area (Å²) < 4.78 is 0. The zero-order valence-corrected chi connectivity index (χ0v) is 11.1. The first kappa shape index (κ1) is 13.1. The van der Waals surface area contributed by atoms with Gasteiger partial charge in [0.1, 0.15) is 18.0 Å². The molecule has 1 aromatic rings. The lowest BCUT2D eigenvalue weighted by molar-refractivity contribution is 0.145. The van der Waals surface area contributed by atoms with E-state index in [9.17, 15) is 5.11 Å². The fraction of sp³-hybridized carbons (Fsp3) is 0.692. The average Bonchev–Trinajstić information content (AvgIpc) is 2.37. The van der Waals surface area contributed by atoms with Crippen molar-refractivity contribution in [3.63, 3.8) is 0 Å². The van der Waals surface area contributed by atoms with Crippen molar-refractivity contribution < 1.29 is 5.11 Å². The molecule has 0 aliphatic carbocycles. The summed E-state index contributed by atoms with van der Waals surface area (Å²) in [6, 6.07) is 1.99. The highest BCUT2D eigenvalue weighted by atomic mass is 16.3. The van der Waals surface area contributed by atoms with Crippen LogP contribution < -0.4 is 10.2 Å². The van der Waals surface area contributed by atoms with E-state index in [0.29, 0.717) is 5.92 Å². The molecule has 0 spiro atoms. The highest BCUT2D eigenvalue weighted by Crippen LogP contribution is 2.19. The first-order chi connectivity index (χ1) is 8.65. The molecule has 1 saturated heterocycles. The van der Waals surface area contributed by atoms with Crippen molar-refractivity contribution >= 4 is 11.6 Å². The van der Waals surface area contributed by atoms with Crippen LogP contribution in [0, 0.1) is 5.92 Å². The Balaban J connectivity index is 1.98. The van der Waals surface area contributed by atoms with Crippen LogP contribution in [0.2, 0.25) is 0 Å². The number of nitrogens with one attached hydrogen (secondary N) is 1. The largest absolute Gasteiger partial charge is 0.393 e. The molecular weight excluding hydrogens is 228 g/mol. The fourth-order valence-electron chi connectivity index (χ4n) is 2.02. The maximum absolute atomic E-state index is 9.50. The monoisotopic (exact) mass is 250 g/mol. The maximum Gasteiger partial charge on any atom is 0.134 e. The lowest BCUT2D eigenvalue weighted by atomic mass is 10.1. The lowest BCUT2D eigenvalue weighted by Gasteiger charge is -2.30. The van der Waals surface area contributed by atoms with E-state index in [0.717, 1.165) is 44.1 Å². The summed E-state index contributed by atoms with van der Waals surface area (Å²) in [4.78, 5) is 10.7. The number of hydrogen-bond acceptors (Lipinski definition) is 5. The minimum atomic E-state index is -0.151. The topological polar surface area (TPSA) is 61.3 Å². The van der Waals surface area contributed by atoms with E-state index < -0.39 is 0 Å². The molecule has 0 unspecified atom stereocenters. The molecule has 1 aliphatic heterocycles. The van der Waals surface area contributed by atoms with Crippen LogP contribution >= 0.6 is 0 Å². The highest BCUT2D eigenvalue weighted by Gasteiger charge is 2.18. The first-order valence-electron chi connectivity index (χ1n) is 6.64. The Morgan fingerprint density at radius 1 is 1.39 bits per heavy atom. The molecule has 2 heterocycles. The van der Waals surface area contributed by atoms with E-state index >= 15 is 0 Å². The van der Waals surface area contributed by atoms with Crippen molar-refractivity contribution in [2.45, 2.75) is 32.8 Å². The van der Waals surface area contributed by atoms with Gasteiger partial charge >= 0.3 is 0 Å². The normalized spacial score (nSPS) is 17.2. The third-order valence-corrected chi connectivity index (χ3v) is 3.13. The number of nitrogens with zero attached hydrogens (tertiary/aromatic N) is 3. The summed E-state index contributed by atoms with van der Waals surface area (Å²) in [6.07, 6.45) is 3.09. The van der Waals surface area contributed by atoms with Crippen molar-refractivity contribution in [3.05, 3.63) is 12.4 Å². The molecule has 0 aromatic carbocycles. The van der Waals surface area contributed by atoms with Crippen LogP contribution in [0.5, 0.6) is 0 Å². The number of anilines is 2. The zero-order valence-electron chi connectivity index (χ0n) is 11.1. The summed E-state index contributed by atoms with van der Waals surface area (Å²) in [6.45, 7) is 6.97. The third kappa shape index (κ3) is 3.57. The summed E-state index contributed by atoms with van der Waals surface area (Å²) in [5.74, 6) is 2.41. The predicted octanol–water partition coefficient (Wildman–Crippen LogP) is 1.51. The summed E-state index contributed by atoms with van der Waals surface area (Å²) in [7, 11) is 0. The Bertz CT molecular complexity index is 375. The summed E-state index contributed by atoms with van der Waals surface area (Å²) in [5, 5.41) is 12.8. The Kier molecular flexibility index (Phi) is 4.36. The van der Waals surface area contributed by atoms with E-state index in [2.05, 4.69) is 34.0 Å². The fourth-order valence-corrected chi connectivity index (χ4v) is 2.02. The zero-order chi connectivity index (χ0) is 13.0. The van der Waals surface area contributed by atoms with E-state index in [4.69, 9.17) is 0 Å². The first-order valence-corrected chi connectivity index (χ1v) is 6.64. The molecule has 5 nitrogen and oxygen atoms in total. The summed E-state index contributed by atoms with van der Waals surface area (Å²) >= 11 is 0. The van der Waals surface area contributed by atoms with Crippen molar-refractivity contribution in [3.8, 4) is 0 Å². The number of aromatic nitrogens is 2. The van der Waals surface area contributed by atoms with Gasteiger partial charge in [-0.2, -0.15) is 0 Å². The summed E-state index contributed by atoms with van der Waals surface area (Å²) in [5.41, 5.74) is 0. The molecule has 0 amide bonds. The quantitative estimate of drug-likeness (QED) is 0.848. The second-order valence-electron chi connectivity index (χ2n) is 5.25. The van der Waals surface area contributed by atoms with Gasteiger partial charge in [-0.05, 0) is 18.8 Å². The Labute approximate surface area is 108 Å². The molecule has 1 fully saturated rings.